The van der Waals surface area contributed by atoms with Gasteiger partial charge in [-0.2, -0.15) is 0 Å². The van der Waals surface area contributed by atoms with E-state index in [1.807, 2.05) is 0 Å². The van der Waals surface area contributed by atoms with Crippen LogP contribution in [0.2, 0.25) is 0 Å². The van der Waals surface area contributed by atoms with Crippen molar-refractivity contribution in [1.29, 1.82) is 0 Å². The summed E-state index contributed by atoms with van der Waals surface area (Å²) in [5.41, 5.74) is -0.193. The van der Waals surface area contributed by atoms with Crippen LogP contribution >= 0.6 is 0 Å². The number of amides is 1. The summed E-state index contributed by atoms with van der Waals surface area (Å²) in [5, 5.41) is 3.50. The standard InChI is InChI=1S/C14H29N3O/c1-13(2)10-12(18)17(9-7-8-16(5)6)14(3,4)11-15-13/h15H,7-11H2,1-6H3. The Hall–Kier alpha value is -0.610. The van der Waals surface area contributed by atoms with Crippen LogP contribution in [0.15, 0.2) is 0 Å². The molecule has 0 atom stereocenters. The second-order valence-corrected chi connectivity index (χ2v) is 6.93. The smallest absolute Gasteiger partial charge is 0.224 e. The fourth-order valence-corrected chi connectivity index (χ4v) is 2.40. The van der Waals surface area contributed by atoms with Crippen LogP contribution in [0, 0.1) is 0 Å². The Morgan fingerprint density at radius 2 is 1.89 bits per heavy atom. The summed E-state index contributed by atoms with van der Waals surface area (Å²) in [5.74, 6) is 0.272. The average molecular weight is 255 g/mol. The summed E-state index contributed by atoms with van der Waals surface area (Å²) in [6, 6.07) is 0. The summed E-state index contributed by atoms with van der Waals surface area (Å²) >= 11 is 0. The Morgan fingerprint density at radius 3 is 2.44 bits per heavy atom. The van der Waals surface area contributed by atoms with E-state index in [9.17, 15) is 4.79 Å². The summed E-state index contributed by atoms with van der Waals surface area (Å²) in [6.45, 7) is 11.2. The van der Waals surface area contributed by atoms with Gasteiger partial charge >= 0.3 is 0 Å². The molecule has 1 aliphatic heterocycles. The van der Waals surface area contributed by atoms with Crippen molar-refractivity contribution < 1.29 is 4.79 Å². The van der Waals surface area contributed by atoms with Gasteiger partial charge in [0.25, 0.3) is 0 Å². The van der Waals surface area contributed by atoms with Gasteiger partial charge in [0.1, 0.15) is 0 Å². The molecule has 0 unspecified atom stereocenters. The lowest BCUT2D eigenvalue weighted by atomic mass is 10.0. The SMILES string of the molecule is CN(C)CCCN1C(=O)CC(C)(C)NCC1(C)C. The topological polar surface area (TPSA) is 35.6 Å². The van der Waals surface area contributed by atoms with Crippen molar-refractivity contribution in [3.05, 3.63) is 0 Å². The van der Waals surface area contributed by atoms with Gasteiger partial charge in [0.15, 0.2) is 0 Å². The van der Waals surface area contributed by atoms with Crippen molar-refractivity contribution >= 4 is 5.91 Å². The first-order valence-electron chi connectivity index (χ1n) is 6.84. The second kappa shape index (κ2) is 5.57. The van der Waals surface area contributed by atoms with Crippen molar-refractivity contribution in [3.8, 4) is 0 Å². The Morgan fingerprint density at radius 1 is 1.28 bits per heavy atom. The monoisotopic (exact) mass is 255 g/mol. The Bertz CT molecular complexity index is 297. The lowest BCUT2D eigenvalue weighted by molar-refractivity contribution is -0.135. The maximum atomic E-state index is 12.4. The second-order valence-electron chi connectivity index (χ2n) is 6.93. The number of nitrogens with zero attached hydrogens (tertiary/aromatic N) is 2. The first-order chi connectivity index (χ1) is 8.14. The van der Waals surface area contributed by atoms with Crippen molar-refractivity contribution in [1.82, 2.24) is 15.1 Å². The van der Waals surface area contributed by atoms with Crippen molar-refractivity contribution in [2.75, 3.05) is 33.7 Å². The van der Waals surface area contributed by atoms with E-state index >= 15 is 0 Å². The molecular formula is C14H29N3O. The zero-order chi connectivity index (χ0) is 14.0. The largest absolute Gasteiger partial charge is 0.336 e. The maximum absolute atomic E-state index is 12.4. The molecule has 1 saturated heterocycles. The quantitative estimate of drug-likeness (QED) is 0.823. The molecule has 1 N–H and O–H groups in total. The number of nitrogens with one attached hydrogen (secondary N) is 1. The lowest BCUT2D eigenvalue weighted by Crippen LogP contribution is -2.51. The van der Waals surface area contributed by atoms with Crippen molar-refractivity contribution in [2.45, 2.75) is 51.6 Å². The molecule has 0 aromatic carbocycles. The van der Waals surface area contributed by atoms with Crippen molar-refractivity contribution in [2.24, 2.45) is 0 Å². The highest BCUT2D eigenvalue weighted by molar-refractivity contribution is 5.78. The van der Waals surface area contributed by atoms with E-state index in [1.54, 1.807) is 0 Å². The predicted octanol–water partition coefficient (Wildman–Crippen LogP) is 1.32. The molecule has 18 heavy (non-hydrogen) atoms. The third-order valence-electron chi connectivity index (χ3n) is 3.61. The highest BCUT2D eigenvalue weighted by atomic mass is 16.2. The minimum absolute atomic E-state index is 0.0926. The molecule has 0 aromatic heterocycles. The third-order valence-corrected chi connectivity index (χ3v) is 3.61. The minimum Gasteiger partial charge on any atom is -0.336 e. The minimum atomic E-state index is -0.100. The number of carbonyl (C=O) groups is 1. The average Bonchev–Trinajstić information content (AvgIpc) is 2.26. The van der Waals surface area contributed by atoms with Crippen LogP contribution in [0.5, 0.6) is 0 Å². The van der Waals surface area contributed by atoms with Crippen LogP contribution in [0.4, 0.5) is 0 Å². The van der Waals surface area contributed by atoms with Gasteiger partial charge in [-0.1, -0.05) is 0 Å². The maximum Gasteiger partial charge on any atom is 0.224 e. The number of hydrogen-bond acceptors (Lipinski definition) is 3. The Kier molecular flexibility index (Phi) is 4.78. The van der Waals surface area contributed by atoms with Crippen LogP contribution in [-0.2, 0) is 4.79 Å². The highest BCUT2D eigenvalue weighted by Crippen LogP contribution is 2.24. The fourth-order valence-electron chi connectivity index (χ4n) is 2.40. The van der Waals surface area contributed by atoms with Gasteiger partial charge in [0.2, 0.25) is 5.91 Å². The highest BCUT2D eigenvalue weighted by Gasteiger charge is 2.38. The molecule has 1 aliphatic rings. The molecule has 0 radical (unpaired) electrons. The van der Waals surface area contributed by atoms with E-state index < -0.39 is 0 Å². The first-order valence-corrected chi connectivity index (χ1v) is 6.84. The molecule has 4 heteroatoms. The van der Waals surface area contributed by atoms with Gasteiger partial charge in [-0.05, 0) is 54.8 Å². The number of carbonyl (C=O) groups excluding carboxylic acids is 1. The molecule has 1 amide bonds. The molecule has 0 saturated carbocycles. The van der Waals surface area contributed by atoms with Crippen LogP contribution in [0.25, 0.3) is 0 Å². The van der Waals surface area contributed by atoms with Gasteiger partial charge in [-0.25, -0.2) is 0 Å². The fraction of sp³-hybridized carbons (Fsp3) is 0.929. The molecule has 0 spiro atoms. The van der Waals surface area contributed by atoms with Crippen molar-refractivity contribution in [3.63, 3.8) is 0 Å². The molecule has 106 valence electrons. The van der Waals surface area contributed by atoms with Crippen LogP contribution in [0.3, 0.4) is 0 Å². The van der Waals surface area contributed by atoms with Gasteiger partial charge in [0.05, 0.1) is 0 Å². The van der Waals surface area contributed by atoms with Gasteiger partial charge in [-0.15, -0.1) is 0 Å². The predicted molar refractivity (Wildman–Crippen MR) is 75.7 cm³/mol. The zero-order valence-corrected chi connectivity index (χ0v) is 12.8. The zero-order valence-electron chi connectivity index (χ0n) is 12.8. The number of rotatable bonds is 4. The Balaban J connectivity index is 2.69. The molecule has 1 heterocycles. The molecule has 1 rings (SSSR count). The van der Waals surface area contributed by atoms with Gasteiger partial charge in [0, 0.05) is 30.6 Å². The molecule has 4 nitrogen and oxygen atoms in total. The van der Waals surface area contributed by atoms with E-state index in [2.05, 4.69) is 56.9 Å². The van der Waals surface area contributed by atoms with E-state index in [4.69, 9.17) is 0 Å². The summed E-state index contributed by atoms with van der Waals surface area (Å²) in [7, 11) is 4.14. The molecular weight excluding hydrogens is 226 g/mol. The molecule has 0 aliphatic carbocycles. The van der Waals surface area contributed by atoms with E-state index in [-0.39, 0.29) is 17.0 Å². The molecule has 0 bridgehead atoms. The normalized spacial score (nSPS) is 23.3. The number of hydrogen-bond donors (Lipinski definition) is 1. The van der Waals surface area contributed by atoms with Gasteiger partial charge in [-0.3, -0.25) is 4.79 Å². The van der Waals surface area contributed by atoms with E-state index in [0.717, 1.165) is 26.1 Å². The van der Waals surface area contributed by atoms with E-state index in [1.165, 1.54) is 0 Å². The molecule has 1 fully saturated rings. The summed E-state index contributed by atoms with van der Waals surface area (Å²) < 4.78 is 0. The third kappa shape index (κ3) is 4.25. The van der Waals surface area contributed by atoms with E-state index in [0.29, 0.717) is 6.42 Å². The Labute approximate surface area is 112 Å². The lowest BCUT2D eigenvalue weighted by Gasteiger charge is -2.37. The first kappa shape index (κ1) is 15.4. The molecule has 0 aromatic rings. The van der Waals surface area contributed by atoms with Gasteiger partial charge < -0.3 is 15.1 Å². The van der Waals surface area contributed by atoms with Crippen LogP contribution in [-0.4, -0.2) is 60.5 Å². The van der Waals surface area contributed by atoms with Crippen LogP contribution in [0.1, 0.15) is 40.5 Å². The summed E-state index contributed by atoms with van der Waals surface area (Å²) in [6.07, 6.45) is 1.61. The summed E-state index contributed by atoms with van der Waals surface area (Å²) in [4.78, 5) is 16.6. The van der Waals surface area contributed by atoms with Crippen LogP contribution < -0.4 is 5.32 Å².